The van der Waals surface area contributed by atoms with Gasteiger partial charge in [0.2, 0.25) is 5.91 Å². The van der Waals surface area contributed by atoms with Gasteiger partial charge in [-0.25, -0.2) is 4.79 Å². The Kier molecular flexibility index (Phi) is 5.51. The van der Waals surface area contributed by atoms with Crippen LogP contribution in [0.5, 0.6) is 0 Å². The maximum Gasteiger partial charge on any atom is 0.339 e. The first-order chi connectivity index (χ1) is 13.1. The van der Waals surface area contributed by atoms with E-state index in [4.69, 9.17) is 9.15 Å². The molecule has 0 fully saturated rings. The molecule has 27 heavy (non-hydrogen) atoms. The molecule has 138 valence electrons. The Hall–Kier alpha value is -3.61. The fourth-order valence-electron chi connectivity index (χ4n) is 2.62. The predicted octanol–water partition coefficient (Wildman–Crippen LogP) is 2.98. The third-order valence-electron chi connectivity index (χ3n) is 3.99. The number of hydrogen-bond donors (Lipinski definition) is 2. The number of amides is 2. The van der Waals surface area contributed by atoms with Crippen molar-refractivity contribution >= 4 is 34.2 Å². The van der Waals surface area contributed by atoms with Gasteiger partial charge in [0.1, 0.15) is 6.26 Å². The van der Waals surface area contributed by atoms with E-state index >= 15 is 0 Å². The Morgan fingerprint density at radius 3 is 2.48 bits per heavy atom. The lowest BCUT2D eigenvalue weighted by molar-refractivity contribution is -0.116. The van der Waals surface area contributed by atoms with Gasteiger partial charge < -0.3 is 19.8 Å². The van der Waals surface area contributed by atoms with E-state index in [0.717, 1.165) is 10.8 Å². The molecule has 0 aliphatic carbocycles. The molecule has 7 heteroatoms. The Morgan fingerprint density at radius 2 is 1.81 bits per heavy atom. The van der Waals surface area contributed by atoms with Crippen LogP contribution in [0.4, 0.5) is 5.69 Å². The van der Waals surface area contributed by atoms with Crippen LogP contribution in [-0.4, -0.2) is 31.4 Å². The molecular formula is C20H18N2O5. The molecule has 1 heterocycles. The Bertz CT molecular complexity index is 979. The minimum Gasteiger partial charge on any atom is -0.472 e. The second-order valence-electron chi connectivity index (χ2n) is 5.80. The van der Waals surface area contributed by atoms with Crippen LogP contribution < -0.4 is 10.6 Å². The van der Waals surface area contributed by atoms with E-state index in [1.54, 1.807) is 12.1 Å². The van der Waals surface area contributed by atoms with E-state index in [2.05, 4.69) is 10.6 Å². The number of furan rings is 1. The standard InChI is InChI=1S/C20H18N2O5/c1-26-20(25)16-10-13-4-2-3-5-14(13)11-17(16)22-18(23)6-8-21-19(24)15-7-9-27-12-15/h2-5,7,9-12H,6,8H2,1H3,(H,21,24)(H,22,23). The van der Waals surface area contributed by atoms with Gasteiger partial charge in [0.25, 0.3) is 5.91 Å². The molecule has 0 aliphatic heterocycles. The molecule has 3 aromatic rings. The van der Waals surface area contributed by atoms with Crippen molar-refractivity contribution in [1.29, 1.82) is 0 Å². The number of esters is 1. The van der Waals surface area contributed by atoms with E-state index in [0.29, 0.717) is 11.3 Å². The molecule has 0 saturated heterocycles. The summed E-state index contributed by atoms with van der Waals surface area (Å²) >= 11 is 0. The number of benzene rings is 2. The van der Waals surface area contributed by atoms with Crippen LogP contribution in [0.15, 0.2) is 59.4 Å². The molecule has 2 N–H and O–H groups in total. The first-order valence-corrected chi connectivity index (χ1v) is 8.30. The molecular weight excluding hydrogens is 348 g/mol. The van der Waals surface area contributed by atoms with Gasteiger partial charge in [-0.15, -0.1) is 0 Å². The minimum absolute atomic E-state index is 0.0526. The number of ether oxygens (including phenoxy) is 1. The van der Waals surface area contributed by atoms with Crippen LogP contribution in [0.3, 0.4) is 0 Å². The molecule has 2 aromatic carbocycles. The average Bonchev–Trinajstić information content (AvgIpc) is 3.21. The van der Waals surface area contributed by atoms with Crippen molar-refractivity contribution in [1.82, 2.24) is 5.32 Å². The molecule has 3 rings (SSSR count). The van der Waals surface area contributed by atoms with Crippen molar-refractivity contribution in [2.75, 3.05) is 19.0 Å². The summed E-state index contributed by atoms with van der Waals surface area (Å²) in [5.74, 6) is -1.19. The van der Waals surface area contributed by atoms with E-state index in [1.165, 1.54) is 25.7 Å². The maximum absolute atomic E-state index is 12.2. The second kappa shape index (κ2) is 8.18. The smallest absolute Gasteiger partial charge is 0.339 e. The SMILES string of the molecule is COC(=O)c1cc2ccccc2cc1NC(=O)CCNC(=O)c1ccoc1. The summed E-state index contributed by atoms with van der Waals surface area (Å²) in [7, 11) is 1.29. The Labute approximate surface area is 155 Å². The van der Waals surface area contributed by atoms with Gasteiger partial charge in [-0.2, -0.15) is 0 Å². The summed E-state index contributed by atoms with van der Waals surface area (Å²) in [6.45, 7) is 0.150. The summed E-state index contributed by atoms with van der Waals surface area (Å²) in [6.07, 6.45) is 2.78. The van der Waals surface area contributed by atoms with Crippen molar-refractivity contribution in [3.8, 4) is 0 Å². The van der Waals surface area contributed by atoms with E-state index in [-0.39, 0.29) is 30.3 Å². The minimum atomic E-state index is -0.538. The quantitative estimate of drug-likeness (QED) is 0.654. The third-order valence-corrected chi connectivity index (χ3v) is 3.99. The number of carbonyl (C=O) groups is 3. The maximum atomic E-state index is 12.2. The van der Waals surface area contributed by atoms with Gasteiger partial charge in [0.15, 0.2) is 0 Å². The van der Waals surface area contributed by atoms with Gasteiger partial charge in [-0.3, -0.25) is 9.59 Å². The fraction of sp³-hybridized carbons (Fsp3) is 0.150. The molecule has 0 bridgehead atoms. The molecule has 0 saturated carbocycles. The van der Waals surface area contributed by atoms with Gasteiger partial charge in [-0.05, 0) is 29.0 Å². The van der Waals surface area contributed by atoms with Crippen LogP contribution >= 0.6 is 0 Å². The molecule has 0 aliphatic rings. The number of carbonyl (C=O) groups excluding carboxylic acids is 3. The zero-order chi connectivity index (χ0) is 19.2. The molecule has 0 unspecified atom stereocenters. The van der Waals surface area contributed by atoms with Crippen LogP contribution in [0, 0.1) is 0 Å². The van der Waals surface area contributed by atoms with Crippen molar-refractivity contribution in [3.05, 3.63) is 66.1 Å². The largest absolute Gasteiger partial charge is 0.472 e. The summed E-state index contributed by atoms with van der Waals surface area (Å²) in [5, 5.41) is 7.09. The third kappa shape index (κ3) is 4.33. The highest BCUT2D eigenvalue weighted by Crippen LogP contribution is 2.25. The lowest BCUT2D eigenvalue weighted by Gasteiger charge is -2.12. The Morgan fingerprint density at radius 1 is 1.07 bits per heavy atom. The molecule has 0 atom stereocenters. The van der Waals surface area contributed by atoms with E-state index < -0.39 is 5.97 Å². The molecule has 2 amide bonds. The van der Waals surface area contributed by atoms with Crippen molar-refractivity contribution in [2.45, 2.75) is 6.42 Å². The van der Waals surface area contributed by atoms with E-state index in [9.17, 15) is 14.4 Å². The lowest BCUT2D eigenvalue weighted by atomic mass is 10.0. The topological polar surface area (TPSA) is 97.6 Å². The van der Waals surface area contributed by atoms with Crippen LogP contribution in [0.2, 0.25) is 0 Å². The Balaban J connectivity index is 1.68. The zero-order valence-corrected chi connectivity index (χ0v) is 14.7. The lowest BCUT2D eigenvalue weighted by Crippen LogP contribution is -2.27. The number of rotatable bonds is 6. The average molecular weight is 366 g/mol. The molecule has 0 spiro atoms. The van der Waals surface area contributed by atoms with Crippen LogP contribution in [-0.2, 0) is 9.53 Å². The normalized spacial score (nSPS) is 10.4. The number of fused-ring (bicyclic) bond motifs is 1. The van der Waals surface area contributed by atoms with Gasteiger partial charge >= 0.3 is 5.97 Å². The molecule has 7 nitrogen and oxygen atoms in total. The van der Waals surface area contributed by atoms with Crippen LogP contribution in [0.1, 0.15) is 27.1 Å². The van der Waals surface area contributed by atoms with Gasteiger partial charge in [0.05, 0.1) is 30.2 Å². The van der Waals surface area contributed by atoms with Crippen molar-refractivity contribution < 1.29 is 23.5 Å². The monoisotopic (exact) mass is 366 g/mol. The van der Waals surface area contributed by atoms with E-state index in [1.807, 2.05) is 24.3 Å². The van der Waals surface area contributed by atoms with Crippen molar-refractivity contribution in [2.24, 2.45) is 0 Å². The summed E-state index contributed by atoms with van der Waals surface area (Å²) < 4.78 is 9.64. The second-order valence-corrected chi connectivity index (χ2v) is 5.80. The van der Waals surface area contributed by atoms with Gasteiger partial charge in [0, 0.05) is 13.0 Å². The highest BCUT2D eigenvalue weighted by atomic mass is 16.5. The fourth-order valence-corrected chi connectivity index (χ4v) is 2.62. The summed E-state index contributed by atoms with van der Waals surface area (Å²) in [5.41, 5.74) is 1.02. The van der Waals surface area contributed by atoms with Gasteiger partial charge in [-0.1, -0.05) is 24.3 Å². The number of anilines is 1. The number of nitrogens with one attached hydrogen (secondary N) is 2. The van der Waals surface area contributed by atoms with Crippen LogP contribution in [0.25, 0.3) is 10.8 Å². The highest BCUT2D eigenvalue weighted by molar-refractivity contribution is 6.06. The highest BCUT2D eigenvalue weighted by Gasteiger charge is 2.15. The predicted molar refractivity (Wildman–Crippen MR) is 99.6 cm³/mol. The number of methoxy groups -OCH3 is 1. The first kappa shape index (κ1) is 18.2. The summed E-state index contributed by atoms with van der Waals surface area (Å²) in [6, 6.07) is 12.4. The van der Waals surface area contributed by atoms with Crippen molar-refractivity contribution in [3.63, 3.8) is 0 Å². The zero-order valence-electron chi connectivity index (χ0n) is 14.7. The number of hydrogen-bond acceptors (Lipinski definition) is 5. The molecule has 1 aromatic heterocycles. The molecule has 0 radical (unpaired) electrons. The first-order valence-electron chi connectivity index (χ1n) is 8.30. The summed E-state index contributed by atoms with van der Waals surface area (Å²) in [4.78, 5) is 36.1.